The van der Waals surface area contributed by atoms with Gasteiger partial charge in [-0.05, 0) is 30.7 Å². The first-order chi connectivity index (χ1) is 12.0. The van der Waals surface area contributed by atoms with E-state index in [9.17, 15) is 20.2 Å². The number of hydrogen-bond acceptors (Lipinski definition) is 6. The fourth-order valence-electron chi connectivity index (χ4n) is 2.03. The van der Waals surface area contributed by atoms with Gasteiger partial charge in [-0.25, -0.2) is 5.01 Å². The van der Waals surface area contributed by atoms with Crippen LogP contribution < -0.4 is 5.01 Å². The number of nitro groups is 2. The zero-order valence-corrected chi connectivity index (χ0v) is 13.6. The Labute approximate surface area is 143 Å². The van der Waals surface area contributed by atoms with Crippen molar-refractivity contribution in [1.82, 2.24) is 0 Å². The number of rotatable bonds is 8. The fourth-order valence-corrected chi connectivity index (χ4v) is 2.03. The molecule has 130 valence electrons. The summed E-state index contributed by atoms with van der Waals surface area (Å²) in [5, 5.41) is 31.3. The molecule has 0 aliphatic rings. The minimum atomic E-state index is -0.481. The van der Waals surface area contributed by atoms with Crippen molar-refractivity contribution >= 4 is 22.7 Å². The third-order valence-corrected chi connectivity index (χ3v) is 3.41. The molecule has 2 aromatic carbocycles. The highest BCUT2D eigenvalue weighted by molar-refractivity contribution is 5.50. The van der Waals surface area contributed by atoms with Crippen LogP contribution in [-0.2, 0) is 0 Å². The molecular weight excluding hydrogens is 326 g/mol. The molecular formula is C16H17N5O4. The van der Waals surface area contributed by atoms with Gasteiger partial charge in [0.25, 0.3) is 11.4 Å². The van der Waals surface area contributed by atoms with Crippen LogP contribution in [0.15, 0.2) is 58.9 Å². The van der Waals surface area contributed by atoms with Crippen molar-refractivity contribution < 1.29 is 9.85 Å². The minimum Gasteiger partial charge on any atom is -0.258 e. The van der Waals surface area contributed by atoms with Gasteiger partial charge < -0.3 is 0 Å². The number of benzene rings is 2. The Kier molecular flexibility index (Phi) is 6.10. The smallest absolute Gasteiger partial charge is 0.258 e. The molecule has 0 bridgehead atoms. The number of anilines is 1. The standard InChI is InChI=1S/C16H17N5O4/c1-2-3-12-19(14-8-10-16(11-9-14)21(24)25)18-17-13-4-6-15(7-5-13)20(22)23/h4-11H,2-3,12H2,1H3. The number of hydrogen-bond donors (Lipinski definition) is 0. The zero-order valence-electron chi connectivity index (χ0n) is 13.6. The average molecular weight is 343 g/mol. The molecule has 0 atom stereocenters. The van der Waals surface area contributed by atoms with Gasteiger partial charge in [-0.3, -0.25) is 20.2 Å². The average Bonchev–Trinajstić information content (AvgIpc) is 2.62. The summed E-state index contributed by atoms with van der Waals surface area (Å²) in [4.78, 5) is 20.5. The molecule has 0 aromatic heterocycles. The first-order valence-corrected chi connectivity index (χ1v) is 7.69. The van der Waals surface area contributed by atoms with Gasteiger partial charge >= 0.3 is 0 Å². The maximum atomic E-state index is 10.7. The van der Waals surface area contributed by atoms with Gasteiger partial charge in [0.05, 0.1) is 21.2 Å². The maximum Gasteiger partial charge on any atom is 0.269 e. The molecule has 0 fully saturated rings. The Bertz CT molecular complexity index is 759. The Morgan fingerprint density at radius 3 is 1.92 bits per heavy atom. The van der Waals surface area contributed by atoms with Crippen molar-refractivity contribution in [2.24, 2.45) is 10.3 Å². The van der Waals surface area contributed by atoms with Crippen molar-refractivity contribution in [3.63, 3.8) is 0 Å². The van der Waals surface area contributed by atoms with Crippen molar-refractivity contribution in [3.8, 4) is 0 Å². The Balaban J connectivity index is 2.18. The van der Waals surface area contributed by atoms with Crippen LogP contribution in [0.25, 0.3) is 0 Å². The molecule has 0 saturated carbocycles. The third kappa shape index (κ3) is 5.06. The van der Waals surface area contributed by atoms with Crippen molar-refractivity contribution in [1.29, 1.82) is 0 Å². The number of unbranched alkanes of at least 4 members (excludes halogenated alkanes) is 1. The van der Waals surface area contributed by atoms with Crippen molar-refractivity contribution in [3.05, 3.63) is 68.8 Å². The molecule has 0 radical (unpaired) electrons. The summed E-state index contributed by atoms with van der Waals surface area (Å²) in [5.74, 6) is 0. The summed E-state index contributed by atoms with van der Waals surface area (Å²) in [5.41, 5.74) is 1.15. The van der Waals surface area contributed by atoms with E-state index in [1.165, 1.54) is 36.4 Å². The van der Waals surface area contributed by atoms with Gasteiger partial charge in [-0.2, -0.15) is 0 Å². The molecule has 25 heavy (non-hydrogen) atoms. The van der Waals surface area contributed by atoms with E-state index >= 15 is 0 Å². The predicted molar refractivity (Wildman–Crippen MR) is 93.0 cm³/mol. The lowest BCUT2D eigenvalue weighted by molar-refractivity contribution is -0.385. The van der Waals surface area contributed by atoms with Crippen LogP contribution in [0.5, 0.6) is 0 Å². The van der Waals surface area contributed by atoms with Gasteiger partial charge in [0, 0.05) is 30.8 Å². The second kappa shape index (κ2) is 8.48. The van der Waals surface area contributed by atoms with Crippen LogP contribution in [0, 0.1) is 20.2 Å². The predicted octanol–water partition coefficient (Wildman–Crippen LogP) is 4.81. The molecule has 0 spiro atoms. The summed E-state index contributed by atoms with van der Waals surface area (Å²) >= 11 is 0. The molecule has 0 saturated heterocycles. The molecule has 0 aliphatic carbocycles. The summed E-state index contributed by atoms with van der Waals surface area (Å²) < 4.78 is 0. The Morgan fingerprint density at radius 1 is 0.920 bits per heavy atom. The topological polar surface area (TPSA) is 114 Å². The molecule has 2 aromatic rings. The normalized spacial score (nSPS) is 10.8. The van der Waals surface area contributed by atoms with Gasteiger partial charge in [0.2, 0.25) is 0 Å². The van der Waals surface area contributed by atoms with Gasteiger partial charge in [-0.1, -0.05) is 18.6 Å². The van der Waals surface area contributed by atoms with E-state index in [0.717, 1.165) is 12.8 Å². The molecule has 0 N–H and O–H groups in total. The number of nitrogens with zero attached hydrogens (tertiary/aromatic N) is 5. The first kappa shape index (κ1) is 18.0. The van der Waals surface area contributed by atoms with E-state index in [4.69, 9.17) is 0 Å². The maximum absolute atomic E-state index is 10.7. The molecule has 0 amide bonds. The molecule has 2 rings (SSSR count). The van der Waals surface area contributed by atoms with E-state index in [1.807, 2.05) is 6.92 Å². The van der Waals surface area contributed by atoms with Gasteiger partial charge in [-0.15, -0.1) is 5.11 Å². The minimum absolute atomic E-state index is 0.00602. The van der Waals surface area contributed by atoms with Crippen LogP contribution in [0.2, 0.25) is 0 Å². The molecule has 0 unspecified atom stereocenters. The van der Waals surface area contributed by atoms with E-state index < -0.39 is 9.85 Å². The summed E-state index contributed by atoms with van der Waals surface area (Å²) in [7, 11) is 0. The molecule has 0 heterocycles. The molecule has 0 aliphatic heterocycles. The fraction of sp³-hybridized carbons (Fsp3) is 0.250. The number of non-ortho nitro benzene ring substituents is 2. The summed E-state index contributed by atoms with van der Waals surface area (Å²) in [6, 6.07) is 11.8. The van der Waals surface area contributed by atoms with Crippen LogP contribution >= 0.6 is 0 Å². The third-order valence-electron chi connectivity index (χ3n) is 3.41. The van der Waals surface area contributed by atoms with Gasteiger partial charge in [0.15, 0.2) is 0 Å². The van der Waals surface area contributed by atoms with Gasteiger partial charge in [0.1, 0.15) is 0 Å². The SMILES string of the molecule is CCCCN(N=Nc1ccc([N+](=O)[O-])cc1)c1ccc([N+](=O)[O-])cc1. The molecule has 9 heteroatoms. The second-order valence-corrected chi connectivity index (χ2v) is 5.21. The van der Waals surface area contributed by atoms with E-state index in [0.29, 0.717) is 17.9 Å². The van der Waals surface area contributed by atoms with E-state index in [1.54, 1.807) is 17.1 Å². The highest BCUT2D eigenvalue weighted by atomic mass is 16.6. The van der Waals surface area contributed by atoms with E-state index in [-0.39, 0.29) is 11.4 Å². The van der Waals surface area contributed by atoms with Crippen molar-refractivity contribution in [2.45, 2.75) is 19.8 Å². The Morgan fingerprint density at radius 2 is 1.44 bits per heavy atom. The van der Waals surface area contributed by atoms with Crippen LogP contribution in [0.4, 0.5) is 22.7 Å². The first-order valence-electron chi connectivity index (χ1n) is 7.69. The lowest BCUT2D eigenvalue weighted by Crippen LogP contribution is -2.16. The van der Waals surface area contributed by atoms with Crippen LogP contribution in [0.3, 0.4) is 0 Å². The zero-order chi connectivity index (χ0) is 18.2. The quantitative estimate of drug-likeness (QED) is 0.387. The number of nitro benzene ring substituents is 2. The Hall–Kier alpha value is -3.36. The van der Waals surface area contributed by atoms with Crippen molar-refractivity contribution in [2.75, 3.05) is 11.6 Å². The lowest BCUT2D eigenvalue weighted by atomic mass is 10.2. The molecule has 9 nitrogen and oxygen atoms in total. The largest absolute Gasteiger partial charge is 0.269 e. The highest BCUT2D eigenvalue weighted by Gasteiger charge is 2.09. The van der Waals surface area contributed by atoms with E-state index in [2.05, 4.69) is 10.3 Å². The lowest BCUT2D eigenvalue weighted by Gasteiger charge is -2.17. The summed E-state index contributed by atoms with van der Waals surface area (Å²) in [6.07, 6.45) is 1.83. The second-order valence-electron chi connectivity index (χ2n) is 5.21. The monoisotopic (exact) mass is 343 g/mol. The van der Waals surface area contributed by atoms with Crippen LogP contribution in [-0.4, -0.2) is 16.4 Å². The van der Waals surface area contributed by atoms with Crippen LogP contribution in [0.1, 0.15) is 19.8 Å². The summed E-state index contributed by atoms with van der Waals surface area (Å²) in [6.45, 7) is 2.65. The highest BCUT2D eigenvalue weighted by Crippen LogP contribution is 2.23.